The van der Waals surface area contributed by atoms with Crippen LogP contribution in [-0.4, -0.2) is 95.9 Å². The molecule has 0 rings (SSSR count). The molecule has 0 heterocycles. The van der Waals surface area contributed by atoms with Gasteiger partial charge in [-0.3, -0.25) is 32.5 Å². The number of phosphoric ester groups is 2. The van der Waals surface area contributed by atoms with Crippen molar-refractivity contribution >= 4 is 33.6 Å². The Bertz CT molecular complexity index is 2530. The van der Waals surface area contributed by atoms with E-state index in [0.29, 0.717) is 19.3 Å². The largest absolute Gasteiger partial charge is 0.472 e. The summed E-state index contributed by atoms with van der Waals surface area (Å²) in [6.45, 7) is 2.45. The van der Waals surface area contributed by atoms with Gasteiger partial charge in [0.1, 0.15) is 25.4 Å². The third-order valence-corrected chi connectivity index (χ3v) is 19.4. The Morgan fingerprint density at radius 3 is 0.794 bits per heavy atom. The molecular weight excluding hydrogens is 1390 g/mol. The molecule has 0 fully saturated rings. The molecule has 0 spiro atoms. The summed E-state index contributed by atoms with van der Waals surface area (Å²) in [6, 6.07) is 0. The zero-order chi connectivity index (χ0) is 78.0. The summed E-state index contributed by atoms with van der Waals surface area (Å²) in [6.07, 6.45) is 100. The van der Waals surface area contributed by atoms with E-state index in [1.54, 1.807) is 0 Å². The van der Waals surface area contributed by atoms with Crippen LogP contribution in [0.4, 0.5) is 0 Å². The molecule has 0 amide bonds. The van der Waals surface area contributed by atoms with Gasteiger partial charge in [-0.1, -0.05) is 327 Å². The Hall–Kier alpha value is -4.57. The first-order valence-electron chi connectivity index (χ1n) is 42.1. The molecule has 0 saturated carbocycles. The van der Waals surface area contributed by atoms with Crippen molar-refractivity contribution in [2.75, 3.05) is 39.6 Å². The lowest BCUT2D eigenvalue weighted by atomic mass is 10.0. The molecule has 18 heteroatoms. The Balaban J connectivity index is 4.49. The first-order chi connectivity index (χ1) is 52.2. The van der Waals surface area contributed by atoms with Crippen molar-refractivity contribution in [3.05, 3.63) is 146 Å². The van der Waals surface area contributed by atoms with E-state index in [0.717, 1.165) is 173 Å². The highest BCUT2D eigenvalue weighted by Gasteiger charge is 2.29. The number of phosphoric acid groups is 2. The maximum atomic E-state index is 13.0. The summed E-state index contributed by atoms with van der Waals surface area (Å²) < 4.78 is 61.2. The number of aliphatic hydroxyl groups excluding tert-OH is 2. The van der Waals surface area contributed by atoms with Crippen LogP contribution in [0.15, 0.2) is 146 Å². The SMILES string of the molecule is CC/C=C\C/C=C\C/C=C\C/C=C\C/C=C\C/C=C\CCCCCCCCCCCCC(=O)OCC(O)COP(=O)(O)OCC(O)COP(=O)(O)OCC(COC(=O)CCCCCCCCCCCCCCC/C=C\C/C=C\C/C=C\C/C=C\C/C=C\CC)OC(=O)CCCCCCC/C=C\CCCCCC. The van der Waals surface area contributed by atoms with Crippen molar-refractivity contribution in [3.63, 3.8) is 0 Å². The number of allylic oxidation sites excluding steroid dienone is 24. The molecule has 0 aliphatic rings. The maximum absolute atomic E-state index is 13.0. The Labute approximate surface area is 651 Å². The van der Waals surface area contributed by atoms with Crippen LogP contribution in [0.1, 0.15) is 342 Å². The topological polar surface area (TPSA) is 231 Å². The van der Waals surface area contributed by atoms with E-state index in [-0.39, 0.29) is 19.3 Å². The smallest absolute Gasteiger partial charge is 0.463 e. The fraction of sp³-hybridized carbons (Fsp3) is 0.697. The number of hydrogen-bond donors (Lipinski definition) is 4. The van der Waals surface area contributed by atoms with E-state index in [9.17, 15) is 43.5 Å². The van der Waals surface area contributed by atoms with Gasteiger partial charge in [0.05, 0.1) is 26.4 Å². The van der Waals surface area contributed by atoms with Gasteiger partial charge < -0.3 is 34.2 Å². The van der Waals surface area contributed by atoms with Crippen molar-refractivity contribution in [2.24, 2.45) is 0 Å². The molecule has 5 atom stereocenters. The maximum Gasteiger partial charge on any atom is 0.472 e. The van der Waals surface area contributed by atoms with Gasteiger partial charge in [-0.05, 0) is 141 Å². The number of carbonyl (C=O) groups is 3. The van der Waals surface area contributed by atoms with E-state index in [4.69, 9.17) is 32.3 Å². The number of hydrogen-bond acceptors (Lipinski definition) is 14. The van der Waals surface area contributed by atoms with Crippen molar-refractivity contribution in [1.82, 2.24) is 0 Å². The third kappa shape index (κ3) is 82.2. The molecule has 0 aromatic rings. The molecule has 0 aromatic carbocycles. The standard InChI is InChI=1S/C89H152O16P2/c1-4-7-10-13-16-19-22-25-27-29-31-33-35-37-39-41-43-45-47-49-51-53-55-58-60-63-66-69-72-75-87(92)99-78-84(90)79-101-106(95,96)102-80-85(91)81-103-107(97,98)104-83-86(105-89(94)77-74-71-68-65-62-57-24-21-18-15-12-9-6-3)82-100-88(93)76-73-70-67-64-61-59-56-54-52-50-48-46-44-42-40-38-36-34-32-30-28-26-23-20-17-14-11-8-5-2/h7-8,10-11,16-17,19-21,24-28,31-34,37-40,43,45,84-86,90-91H,4-6,9,12-15,18,22-23,29-30,35-36,41-42,44,46-83H2,1-3H3,(H,95,96)(H,97,98)/b10-7-,11-8-,19-16-,20-17-,24-21-,27-25-,28-26-,33-31-,34-32-,39-37-,40-38-,45-43-. The molecule has 107 heavy (non-hydrogen) atoms. The number of unbranched alkanes of at least 4 members (excludes halogenated alkanes) is 32. The molecule has 0 saturated heterocycles. The van der Waals surface area contributed by atoms with Crippen LogP contribution in [0.2, 0.25) is 0 Å². The minimum atomic E-state index is -4.94. The summed E-state index contributed by atoms with van der Waals surface area (Å²) in [5.74, 6) is -1.58. The average Bonchev–Trinajstić information content (AvgIpc) is 0.909. The molecule has 4 N–H and O–H groups in total. The minimum absolute atomic E-state index is 0.0930. The van der Waals surface area contributed by atoms with Crippen LogP contribution >= 0.6 is 15.6 Å². The number of aliphatic hydroxyl groups is 2. The number of ether oxygens (including phenoxy) is 3. The lowest BCUT2D eigenvalue weighted by Crippen LogP contribution is -2.30. The van der Waals surface area contributed by atoms with Crippen LogP contribution in [0.3, 0.4) is 0 Å². The summed E-state index contributed by atoms with van der Waals surface area (Å²) in [4.78, 5) is 58.7. The Kier molecular flexibility index (Phi) is 77.5. The predicted molar refractivity (Wildman–Crippen MR) is 445 cm³/mol. The summed E-state index contributed by atoms with van der Waals surface area (Å²) in [5, 5.41) is 20.7. The van der Waals surface area contributed by atoms with Crippen LogP contribution in [-0.2, 0) is 55.8 Å². The van der Waals surface area contributed by atoms with Crippen molar-refractivity contribution < 1.29 is 75.8 Å². The lowest BCUT2D eigenvalue weighted by Gasteiger charge is -2.21. The molecular formula is C89H152O16P2. The van der Waals surface area contributed by atoms with Gasteiger partial charge in [0.25, 0.3) is 0 Å². The quantitative estimate of drug-likeness (QED) is 0.0146. The number of carbonyl (C=O) groups excluding carboxylic acids is 3. The van der Waals surface area contributed by atoms with Gasteiger partial charge in [-0.25, -0.2) is 9.13 Å². The first-order valence-corrected chi connectivity index (χ1v) is 45.1. The summed E-state index contributed by atoms with van der Waals surface area (Å²) >= 11 is 0. The van der Waals surface area contributed by atoms with E-state index in [2.05, 4.69) is 167 Å². The highest BCUT2D eigenvalue weighted by molar-refractivity contribution is 7.47. The zero-order valence-corrected chi connectivity index (χ0v) is 69.1. The normalized spacial score (nSPS) is 14.6. The second-order valence-corrected chi connectivity index (χ2v) is 30.8. The summed E-state index contributed by atoms with van der Waals surface area (Å²) in [7, 11) is -9.80. The predicted octanol–water partition coefficient (Wildman–Crippen LogP) is 25.2. The van der Waals surface area contributed by atoms with Crippen LogP contribution < -0.4 is 0 Å². The third-order valence-electron chi connectivity index (χ3n) is 17.5. The Morgan fingerprint density at radius 1 is 0.271 bits per heavy atom. The summed E-state index contributed by atoms with van der Waals surface area (Å²) in [5.41, 5.74) is 0. The highest BCUT2D eigenvalue weighted by atomic mass is 31.2. The molecule has 0 aromatic heterocycles. The fourth-order valence-electron chi connectivity index (χ4n) is 11.2. The Morgan fingerprint density at radius 2 is 0.495 bits per heavy atom. The van der Waals surface area contributed by atoms with Crippen LogP contribution in [0.5, 0.6) is 0 Å². The van der Waals surface area contributed by atoms with Crippen molar-refractivity contribution in [3.8, 4) is 0 Å². The van der Waals surface area contributed by atoms with Crippen LogP contribution in [0, 0.1) is 0 Å². The molecule has 0 aliphatic carbocycles. The van der Waals surface area contributed by atoms with Gasteiger partial charge in [0.15, 0.2) is 6.10 Å². The van der Waals surface area contributed by atoms with Crippen molar-refractivity contribution in [1.29, 1.82) is 0 Å². The lowest BCUT2D eigenvalue weighted by molar-refractivity contribution is -0.161. The van der Waals surface area contributed by atoms with Gasteiger partial charge in [0, 0.05) is 19.3 Å². The monoisotopic (exact) mass is 1540 g/mol. The van der Waals surface area contributed by atoms with Gasteiger partial charge in [0.2, 0.25) is 0 Å². The van der Waals surface area contributed by atoms with Gasteiger partial charge >= 0.3 is 33.6 Å². The second-order valence-electron chi connectivity index (χ2n) is 27.9. The fourth-order valence-corrected chi connectivity index (χ4v) is 12.8. The van der Waals surface area contributed by atoms with E-state index in [1.807, 2.05) is 0 Å². The van der Waals surface area contributed by atoms with Gasteiger partial charge in [-0.15, -0.1) is 0 Å². The molecule has 0 aliphatic heterocycles. The van der Waals surface area contributed by atoms with E-state index in [1.165, 1.54) is 109 Å². The molecule has 0 radical (unpaired) electrons. The molecule has 614 valence electrons. The number of rotatable bonds is 79. The average molecular weight is 1540 g/mol. The first kappa shape index (κ1) is 102. The van der Waals surface area contributed by atoms with E-state index < -0.39 is 91.5 Å². The minimum Gasteiger partial charge on any atom is -0.463 e. The zero-order valence-electron chi connectivity index (χ0n) is 67.3. The van der Waals surface area contributed by atoms with E-state index >= 15 is 0 Å². The molecule has 5 unspecified atom stereocenters. The van der Waals surface area contributed by atoms with Crippen molar-refractivity contribution in [2.45, 2.75) is 360 Å². The highest BCUT2D eigenvalue weighted by Crippen LogP contribution is 2.45. The molecule has 0 bridgehead atoms. The van der Waals surface area contributed by atoms with Crippen LogP contribution in [0.25, 0.3) is 0 Å². The number of esters is 3. The molecule has 16 nitrogen and oxygen atoms in total. The second kappa shape index (κ2) is 80.9. The van der Waals surface area contributed by atoms with Gasteiger partial charge in [-0.2, -0.15) is 0 Å².